The van der Waals surface area contributed by atoms with Gasteiger partial charge in [-0.25, -0.2) is 0 Å². The van der Waals surface area contributed by atoms with Crippen molar-refractivity contribution < 1.29 is 9.90 Å². The van der Waals surface area contributed by atoms with Crippen molar-refractivity contribution in [2.24, 2.45) is 17.8 Å². The molecule has 2 bridgehead atoms. The molecule has 0 aromatic carbocycles. The van der Waals surface area contributed by atoms with Crippen LogP contribution in [0.2, 0.25) is 0 Å². The normalized spacial score (nSPS) is 37.2. The molecule has 2 aliphatic carbocycles. The van der Waals surface area contributed by atoms with E-state index >= 15 is 0 Å². The Morgan fingerprint density at radius 2 is 1.78 bits per heavy atom. The second kappa shape index (κ2) is 5.17. The van der Waals surface area contributed by atoms with Crippen LogP contribution in [0.15, 0.2) is 0 Å². The van der Waals surface area contributed by atoms with E-state index in [-0.39, 0.29) is 6.54 Å². The zero-order valence-corrected chi connectivity index (χ0v) is 11.1. The van der Waals surface area contributed by atoms with Crippen LogP contribution in [0.3, 0.4) is 0 Å². The summed E-state index contributed by atoms with van der Waals surface area (Å²) >= 11 is 0. The van der Waals surface area contributed by atoms with Gasteiger partial charge >= 0.3 is 5.97 Å². The summed E-state index contributed by atoms with van der Waals surface area (Å²) in [6.07, 6.45) is 5.89. The van der Waals surface area contributed by atoms with E-state index in [0.29, 0.717) is 0 Å². The van der Waals surface area contributed by atoms with Crippen molar-refractivity contribution in [2.45, 2.75) is 25.7 Å². The molecule has 0 aromatic rings. The van der Waals surface area contributed by atoms with E-state index in [4.69, 9.17) is 5.11 Å². The first-order chi connectivity index (χ1) is 8.70. The van der Waals surface area contributed by atoms with Crippen molar-refractivity contribution in [3.05, 3.63) is 0 Å². The number of rotatable bonds is 4. The van der Waals surface area contributed by atoms with Gasteiger partial charge in [-0.15, -0.1) is 0 Å². The summed E-state index contributed by atoms with van der Waals surface area (Å²) in [7, 11) is 0. The van der Waals surface area contributed by atoms with Crippen LogP contribution in [0.5, 0.6) is 0 Å². The molecule has 18 heavy (non-hydrogen) atoms. The van der Waals surface area contributed by atoms with Gasteiger partial charge in [0.2, 0.25) is 0 Å². The zero-order valence-electron chi connectivity index (χ0n) is 11.1. The maximum absolute atomic E-state index is 10.7. The second-order valence-corrected chi connectivity index (χ2v) is 6.41. The fourth-order valence-corrected chi connectivity index (χ4v) is 4.25. The Morgan fingerprint density at radius 3 is 2.33 bits per heavy atom. The molecule has 3 aliphatic rings. The van der Waals surface area contributed by atoms with Gasteiger partial charge in [0, 0.05) is 32.7 Å². The minimum Gasteiger partial charge on any atom is -0.480 e. The van der Waals surface area contributed by atoms with Crippen molar-refractivity contribution in [1.82, 2.24) is 9.80 Å². The summed E-state index contributed by atoms with van der Waals surface area (Å²) in [5, 5.41) is 8.78. The van der Waals surface area contributed by atoms with Crippen LogP contribution in [0.1, 0.15) is 25.7 Å². The molecule has 3 rings (SSSR count). The standard InChI is InChI=1S/C14H24N2O2/c17-14(18)10-16-5-3-15(4-6-16)9-13-8-11-1-2-12(13)7-11/h11-13H,1-10H2,(H,17,18). The van der Waals surface area contributed by atoms with Crippen LogP contribution in [-0.4, -0.2) is 60.1 Å². The lowest BCUT2D eigenvalue weighted by Crippen LogP contribution is -2.49. The van der Waals surface area contributed by atoms with Gasteiger partial charge in [0.05, 0.1) is 6.54 Å². The Bertz CT molecular complexity index is 313. The number of hydrogen-bond donors (Lipinski definition) is 1. The lowest BCUT2D eigenvalue weighted by Gasteiger charge is -2.36. The summed E-state index contributed by atoms with van der Waals surface area (Å²) in [6, 6.07) is 0. The monoisotopic (exact) mass is 252 g/mol. The van der Waals surface area contributed by atoms with E-state index in [1.807, 2.05) is 0 Å². The van der Waals surface area contributed by atoms with E-state index in [0.717, 1.165) is 43.9 Å². The molecule has 3 fully saturated rings. The number of carboxylic acid groups (broad SMARTS) is 1. The summed E-state index contributed by atoms with van der Waals surface area (Å²) in [6.45, 7) is 5.44. The summed E-state index contributed by atoms with van der Waals surface area (Å²) in [5.41, 5.74) is 0. The van der Waals surface area contributed by atoms with Gasteiger partial charge in [-0.2, -0.15) is 0 Å². The number of nitrogens with zero attached hydrogens (tertiary/aromatic N) is 2. The first-order valence-corrected chi connectivity index (χ1v) is 7.37. The van der Waals surface area contributed by atoms with Crippen molar-refractivity contribution >= 4 is 5.97 Å². The fraction of sp³-hybridized carbons (Fsp3) is 0.929. The van der Waals surface area contributed by atoms with Crippen molar-refractivity contribution in [3.8, 4) is 0 Å². The Morgan fingerprint density at radius 1 is 1.06 bits per heavy atom. The second-order valence-electron chi connectivity index (χ2n) is 6.41. The molecule has 2 saturated carbocycles. The quantitative estimate of drug-likeness (QED) is 0.814. The highest BCUT2D eigenvalue weighted by Crippen LogP contribution is 2.48. The number of carbonyl (C=O) groups is 1. The third-order valence-corrected chi connectivity index (χ3v) is 5.20. The molecule has 102 valence electrons. The number of aliphatic carboxylic acids is 1. The van der Waals surface area contributed by atoms with E-state index in [9.17, 15) is 4.79 Å². The van der Waals surface area contributed by atoms with Gasteiger partial charge in [0.15, 0.2) is 0 Å². The Balaban J connectivity index is 1.42. The van der Waals surface area contributed by atoms with E-state index in [1.54, 1.807) is 0 Å². The predicted molar refractivity (Wildman–Crippen MR) is 69.5 cm³/mol. The molecule has 4 nitrogen and oxygen atoms in total. The number of fused-ring (bicyclic) bond motifs is 2. The van der Waals surface area contributed by atoms with Gasteiger partial charge < -0.3 is 10.0 Å². The summed E-state index contributed by atoms with van der Waals surface area (Å²) in [4.78, 5) is 15.3. The topological polar surface area (TPSA) is 43.8 Å². The van der Waals surface area contributed by atoms with E-state index < -0.39 is 5.97 Å². The zero-order chi connectivity index (χ0) is 12.5. The van der Waals surface area contributed by atoms with Gasteiger partial charge in [-0.3, -0.25) is 9.69 Å². The van der Waals surface area contributed by atoms with Crippen molar-refractivity contribution in [2.75, 3.05) is 39.3 Å². The molecular weight excluding hydrogens is 228 g/mol. The van der Waals surface area contributed by atoms with Gasteiger partial charge in [0.1, 0.15) is 0 Å². The summed E-state index contributed by atoms with van der Waals surface area (Å²) in [5.74, 6) is 2.28. The minimum atomic E-state index is -0.698. The molecule has 1 N–H and O–H groups in total. The van der Waals surface area contributed by atoms with Gasteiger partial charge in [0.25, 0.3) is 0 Å². The molecule has 3 atom stereocenters. The molecule has 0 spiro atoms. The lowest BCUT2D eigenvalue weighted by atomic mass is 9.88. The highest BCUT2D eigenvalue weighted by atomic mass is 16.4. The third kappa shape index (κ3) is 2.69. The molecule has 0 aromatic heterocycles. The average Bonchev–Trinajstić information content (AvgIpc) is 2.93. The first-order valence-electron chi connectivity index (χ1n) is 7.37. The molecule has 1 saturated heterocycles. The third-order valence-electron chi connectivity index (χ3n) is 5.20. The minimum absolute atomic E-state index is 0.210. The Kier molecular flexibility index (Phi) is 3.57. The predicted octanol–water partition coefficient (Wildman–Crippen LogP) is 1.12. The van der Waals surface area contributed by atoms with Gasteiger partial charge in [-0.05, 0) is 37.0 Å². The lowest BCUT2D eigenvalue weighted by molar-refractivity contribution is -0.138. The molecule has 1 heterocycles. The fourth-order valence-electron chi connectivity index (χ4n) is 4.25. The molecule has 1 aliphatic heterocycles. The van der Waals surface area contributed by atoms with Crippen molar-refractivity contribution in [3.63, 3.8) is 0 Å². The van der Waals surface area contributed by atoms with Crippen LogP contribution >= 0.6 is 0 Å². The van der Waals surface area contributed by atoms with Crippen LogP contribution in [0, 0.1) is 17.8 Å². The first kappa shape index (κ1) is 12.4. The van der Waals surface area contributed by atoms with Crippen LogP contribution < -0.4 is 0 Å². The number of carboxylic acids is 1. The number of hydrogen-bond acceptors (Lipinski definition) is 3. The highest BCUT2D eigenvalue weighted by Gasteiger charge is 2.40. The smallest absolute Gasteiger partial charge is 0.317 e. The number of piperazine rings is 1. The maximum atomic E-state index is 10.7. The Hall–Kier alpha value is -0.610. The SMILES string of the molecule is O=C(O)CN1CCN(CC2CC3CCC2C3)CC1. The van der Waals surface area contributed by atoms with E-state index in [2.05, 4.69) is 9.80 Å². The highest BCUT2D eigenvalue weighted by molar-refractivity contribution is 5.69. The maximum Gasteiger partial charge on any atom is 0.317 e. The molecule has 4 heteroatoms. The largest absolute Gasteiger partial charge is 0.480 e. The summed E-state index contributed by atoms with van der Waals surface area (Å²) < 4.78 is 0. The molecule has 0 radical (unpaired) electrons. The van der Waals surface area contributed by atoms with Crippen LogP contribution in [0.25, 0.3) is 0 Å². The van der Waals surface area contributed by atoms with Gasteiger partial charge in [-0.1, -0.05) is 6.42 Å². The average molecular weight is 252 g/mol. The molecular formula is C14H24N2O2. The van der Waals surface area contributed by atoms with Crippen molar-refractivity contribution in [1.29, 1.82) is 0 Å². The van der Waals surface area contributed by atoms with Crippen LogP contribution in [0.4, 0.5) is 0 Å². The molecule has 0 amide bonds. The molecule has 3 unspecified atom stereocenters. The Labute approximate surface area is 109 Å². The van der Waals surface area contributed by atoms with E-state index in [1.165, 1.54) is 32.2 Å². The van der Waals surface area contributed by atoms with Crippen LogP contribution in [-0.2, 0) is 4.79 Å².